The summed E-state index contributed by atoms with van der Waals surface area (Å²) in [4.78, 5) is 28.1. The maximum Gasteiger partial charge on any atom is 0.251 e. The van der Waals surface area contributed by atoms with E-state index in [1.54, 1.807) is 36.7 Å². The van der Waals surface area contributed by atoms with Crippen LogP contribution in [0.2, 0.25) is 0 Å². The first-order valence-electron chi connectivity index (χ1n) is 7.78. The third-order valence-corrected chi connectivity index (χ3v) is 3.91. The number of rotatable bonds is 8. The molecule has 0 saturated carbocycles. The Kier molecular flexibility index (Phi) is 6.74. The van der Waals surface area contributed by atoms with E-state index >= 15 is 0 Å². The summed E-state index contributed by atoms with van der Waals surface area (Å²) < 4.78 is 5.60. The molecule has 2 aromatic rings. The molecule has 2 rings (SSSR count). The lowest BCUT2D eigenvalue weighted by Gasteiger charge is -2.14. The summed E-state index contributed by atoms with van der Waals surface area (Å²) in [5, 5.41) is 7.35. The Balaban J connectivity index is 1.85. The van der Waals surface area contributed by atoms with E-state index in [1.165, 1.54) is 11.3 Å². The van der Waals surface area contributed by atoms with Gasteiger partial charge in [0.15, 0.2) is 0 Å². The molecule has 0 radical (unpaired) electrons. The Morgan fingerprint density at radius 2 is 2.04 bits per heavy atom. The average molecular weight is 347 g/mol. The maximum absolute atomic E-state index is 12.1. The second-order valence-electron chi connectivity index (χ2n) is 5.28. The minimum absolute atomic E-state index is 0.187. The molecular formula is C17H21N3O3S. The molecule has 24 heavy (non-hydrogen) atoms. The Hall–Kier alpha value is -2.41. The molecule has 6 nitrogen and oxygen atoms in total. The van der Waals surface area contributed by atoms with Gasteiger partial charge in [-0.05, 0) is 37.6 Å². The molecule has 0 aliphatic carbocycles. The number of amides is 2. The first-order chi connectivity index (χ1) is 11.6. The average Bonchev–Trinajstić information content (AvgIpc) is 3.11. The van der Waals surface area contributed by atoms with Gasteiger partial charge in [0.2, 0.25) is 5.91 Å². The fourth-order valence-corrected chi connectivity index (χ4v) is 2.46. The zero-order valence-electron chi connectivity index (χ0n) is 13.7. The molecule has 2 N–H and O–H groups in total. The summed E-state index contributed by atoms with van der Waals surface area (Å²) in [6.45, 7) is 4.63. The van der Waals surface area contributed by atoms with Crippen LogP contribution in [0.3, 0.4) is 0 Å². The molecule has 7 heteroatoms. The van der Waals surface area contributed by atoms with E-state index in [2.05, 4.69) is 15.6 Å². The molecule has 2 amide bonds. The van der Waals surface area contributed by atoms with Crippen LogP contribution in [-0.4, -0.2) is 29.4 Å². The van der Waals surface area contributed by atoms with Crippen molar-refractivity contribution >= 4 is 23.2 Å². The van der Waals surface area contributed by atoms with Gasteiger partial charge in [-0.3, -0.25) is 9.59 Å². The van der Waals surface area contributed by atoms with Crippen molar-refractivity contribution < 1.29 is 14.3 Å². The summed E-state index contributed by atoms with van der Waals surface area (Å²) in [6, 6.07) is 6.21. The number of carbonyl (C=O) groups is 2. The van der Waals surface area contributed by atoms with Crippen LogP contribution in [0.4, 0.5) is 0 Å². The van der Waals surface area contributed by atoms with Crippen LogP contribution in [0.5, 0.6) is 5.75 Å². The lowest BCUT2D eigenvalue weighted by atomic mass is 10.2. The third kappa shape index (κ3) is 5.34. The molecule has 1 atom stereocenters. The van der Waals surface area contributed by atoms with Gasteiger partial charge in [0.1, 0.15) is 18.4 Å². The number of hydrogen-bond acceptors (Lipinski definition) is 5. The van der Waals surface area contributed by atoms with Crippen LogP contribution < -0.4 is 15.4 Å². The first kappa shape index (κ1) is 17.9. The fraction of sp³-hybridized carbons (Fsp3) is 0.353. The molecule has 0 spiro atoms. The molecule has 1 heterocycles. The molecule has 1 aromatic carbocycles. The maximum atomic E-state index is 12.1. The largest absolute Gasteiger partial charge is 0.487 e. The number of nitrogens with one attached hydrogen (secondary N) is 2. The van der Waals surface area contributed by atoms with E-state index in [4.69, 9.17) is 4.74 Å². The third-order valence-electron chi connectivity index (χ3n) is 3.28. The van der Waals surface area contributed by atoms with Crippen LogP contribution in [0, 0.1) is 0 Å². The van der Waals surface area contributed by atoms with Crippen LogP contribution in [-0.2, 0) is 11.4 Å². The zero-order chi connectivity index (χ0) is 17.4. The molecule has 0 saturated heterocycles. The van der Waals surface area contributed by atoms with E-state index in [1.807, 2.05) is 12.3 Å². The Bertz CT molecular complexity index is 656. The van der Waals surface area contributed by atoms with Crippen molar-refractivity contribution in [1.29, 1.82) is 0 Å². The second-order valence-corrected chi connectivity index (χ2v) is 6.00. The standard InChI is InChI=1S/C17H21N3O3S/c1-3-8-18-16(21)12(2)20-17(22)13-4-6-15(7-5-13)23-9-14-10-24-11-19-14/h4-7,10-12H,3,8-9H2,1-2H3,(H,18,21)(H,20,22)/t12-/m0/s1. The molecule has 0 fully saturated rings. The summed E-state index contributed by atoms with van der Waals surface area (Å²) >= 11 is 1.52. The summed E-state index contributed by atoms with van der Waals surface area (Å²) in [6.07, 6.45) is 0.856. The molecule has 0 bridgehead atoms. The lowest BCUT2D eigenvalue weighted by Crippen LogP contribution is -2.44. The van der Waals surface area contributed by atoms with E-state index in [9.17, 15) is 9.59 Å². The summed E-state index contributed by atoms with van der Waals surface area (Å²) in [5.41, 5.74) is 3.10. The van der Waals surface area contributed by atoms with Crippen molar-refractivity contribution in [3.05, 3.63) is 46.4 Å². The lowest BCUT2D eigenvalue weighted by molar-refractivity contribution is -0.122. The van der Waals surface area contributed by atoms with Gasteiger partial charge in [0.05, 0.1) is 11.2 Å². The Labute approximate surface area is 145 Å². The number of benzene rings is 1. The van der Waals surface area contributed by atoms with Crippen LogP contribution in [0.25, 0.3) is 0 Å². The highest BCUT2D eigenvalue weighted by Gasteiger charge is 2.16. The summed E-state index contributed by atoms with van der Waals surface area (Å²) in [7, 11) is 0. The number of thiazole rings is 1. The Morgan fingerprint density at radius 3 is 2.67 bits per heavy atom. The van der Waals surface area contributed by atoms with E-state index in [0.29, 0.717) is 24.5 Å². The van der Waals surface area contributed by atoms with Gasteiger partial charge >= 0.3 is 0 Å². The molecule has 128 valence electrons. The number of nitrogens with zero attached hydrogens (tertiary/aromatic N) is 1. The van der Waals surface area contributed by atoms with Crippen molar-refractivity contribution in [2.75, 3.05) is 6.54 Å². The predicted octanol–water partition coefficient (Wildman–Crippen LogP) is 2.37. The van der Waals surface area contributed by atoms with E-state index in [0.717, 1.165) is 12.1 Å². The van der Waals surface area contributed by atoms with Gasteiger partial charge in [-0.25, -0.2) is 4.98 Å². The predicted molar refractivity (Wildman–Crippen MR) is 93.1 cm³/mol. The zero-order valence-corrected chi connectivity index (χ0v) is 14.6. The SMILES string of the molecule is CCCNC(=O)[C@H](C)NC(=O)c1ccc(OCc2cscn2)cc1. The van der Waals surface area contributed by atoms with Gasteiger partial charge in [-0.1, -0.05) is 6.92 Å². The monoisotopic (exact) mass is 347 g/mol. The number of aromatic nitrogens is 1. The smallest absolute Gasteiger partial charge is 0.251 e. The van der Waals surface area contributed by atoms with Gasteiger partial charge in [0.25, 0.3) is 5.91 Å². The quantitative estimate of drug-likeness (QED) is 0.768. The van der Waals surface area contributed by atoms with E-state index in [-0.39, 0.29) is 11.8 Å². The van der Waals surface area contributed by atoms with Crippen LogP contribution in [0.1, 0.15) is 36.3 Å². The molecule has 0 aliphatic heterocycles. The van der Waals surface area contributed by atoms with Gasteiger partial charge in [-0.15, -0.1) is 11.3 Å². The van der Waals surface area contributed by atoms with Gasteiger partial charge in [-0.2, -0.15) is 0 Å². The first-order valence-corrected chi connectivity index (χ1v) is 8.73. The van der Waals surface area contributed by atoms with Gasteiger partial charge < -0.3 is 15.4 Å². The Morgan fingerprint density at radius 1 is 1.29 bits per heavy atom. The number of hydrogen-bond donors (Lipinski definition) is 2. The summed E-state index contributed by atoms with van der Waals surface area (Å²) in [5.74, 6) is 0.182. The molecule has 0 aliphatic rings. The van der Waals surface area contributed by atoms with Crippen molar-refractivity contribution in [2.45, 2.75) is 32.9 Å². The second kappa shape index (κ2) is 9.02. The van der Waals surface area contributed by atoms with Crippen LogP contribution >= 0.6 is 11.3 Å². The van der Waals surface area contributed by atoms with Crippen molar-refractivity contribution in [3.63, 3.8) is 0 Å². The highest BCUT2D eigenvalue weighted by molar-refractivity contribution is 7.07. The molecular weight excluding hydrogens is 326 g/mol. The highest BCUT2D eigenvalue weighted by Crippen LogP contribution is 2.14. The van der Waals surface area contributed by atoms with Gasteiger partial charge in [0, 0.05) is 17.5 Å². The van der Waals surface area contributed by atoms with Crippen LogP contribution in [0.15, 0.2) is 35.2 Å². The van der Waals surface area contributed by atoms with Crippen molar-refractivity contribution in [1.82, 2.24) is 15.6 Å². The minimum Gasteiger partial charge on any atom is -0.487 e. The fourth-order valence-electron chi connectivity index (χ4n) is 1.92. The highest BCUT2D eigenvalue weighted by atomic mass is 32.1. The molecule has 1 aromatic heterocycles. The van der Waals surface area contributed by atoms with Crippen molar-refractivity contribution in [2.24, 2.45) is 0 Å². The number of ether oxygens (including phenoxy) is 1. The minimum atomic E-state index is -0.579. The number of carbonyl (C=O) groups excluding carboxylic acids is 2. The normalized spacial score (nSPS) is 11.6. The molecule has 0 unspecified atom stereocenters. The topological polar surface area (TPSA) is 80.3 Å². The van der Waals surface area contributed by atoms with Crippen molar-refractivity contribution in [3.8, 4) is 5.75 Å². The van der Waals surface area contributed by atoms with E-state index < -0.39 is 6.04 Å².